The van der Waals surface area contributed by atoms with Crippen molar-refractivity contribution in [2.45, 2.75) is 6.61 Å². The summed E-state index contributed by atoms with van der Waals surface area (Å²) in [6.45, 7) is -2.90. The molecule has 0 spiro atoms. The van der Waals surface area contributed by atoms with Crippen LogP contribution < -0.4 is 10.5 Å². The van der Waals surface area contributed by atoms with Crippen molar-refractivity contribution in [3.63, 3.8) is 0 Å². The fraction of sp³-hybridized carbons (Fsp3) is 0.0588. The Bertz CT molecular complexity index is 840. The number of carbonyl (C=O) groups excluding carboxylic acids is 1. The Morgan fingerprint density at radius 1 is 1.15 bits per heavy atom. The van der Waals surface area contributed by atoms with Crippen molar-refractivity contribution in [3.8, 4) is 5.75 Å². The molecule has 26 heavy (non-hydrogen) atoms. The van der Waals surface area contributed by atoms with Crippen LogP contribution in [0.4, 0.5) is 8.78 Å². The minimum absolute atomic E-state index is 0.0111. The van der Waals surface area contributed by atoms with E-state index >= 15 is 0 Å². The summed E-state index contributed by atoms with van der Waals surface area (Å²) in [5, 5.41) is 4.19. The fourth-order valence-electron chi connectivity index (χ4n) is 1.80. The molecule has 2 aromatic carbocycles. The number of hydrogen-bond acceptors (Lipinski definition) is 4. The van der Waals surface area contributed by atoms with Crippen molar-refractivity contribution >= 4 is 41.1 Å². The van der Waals surface area contributed by atoms with Gasteiger partial charge in [0.25, 0.3) is 0 Å². The van der Waals surface area contributed by atoms with Gasteiger partial charge < -0.3 is 15.3 Å². The van der Waals surface area contributed by atoms with Gasteiger partial charge in [0.2, 0.25) is 0 Å². The molecule has 0 aliphatic heterocycles. The Morgan fingerprint density at radius 3 is 2.46 bits per heavy atom. The molecule has 0 saturated carbocycles. The van der Waals surface area contributed by atoms with Crippen molar-refractivity contribution in [1.29, 1.82) is 0 Å². The molecule has 0 atom stereocenters. The Morgan fingerprint density at radius 2 is 1.85 bits per heavy atom. The highest BCUT2D eigenvalue weighted by Crippen LogP contribution is 2.20. The standard InChI is InChI=1S/C17H12Cl2F2N2O3/c18-11-4-7-13(14(19)9-11)16(22)23-26-15(24)8-3-10-1-5-12(6-2-10)25-17(20)21/h1-9,17H,(H2,22,23)/b8-3-. The summed E-state index contributed by atoms with van der Waals surface area (Å²) in [6.07, 6.45) is 2.51. The Hall–Kier alpha value is -2.64. The van der Waals surface area contributed by atoms with Gasteiger partial charge in [0, 0.05) is 16.7 Å². The smallest absolute Gasteiger partial charge is 0.387 e. The molecule has 136 valence electrons. The van der Waals surface area contributed by atoms with Crippen LogP contribution in [-0.4, -0.2) is 18.4 Å². The van der Waals surface area contributed by atoms with Crippen molar-refractivity contribution in [2.24, 2.45) is 10.9 Å². The Kier molecular flexibility index (Phi) is 6.94. The van der Waals surface area contributed by atoms with Gasteiger partial charge in [0.1, 0.15) is 5.75 Å². The molecule has 0 bridgehead atoms. The largest absolute Gasteiger partial charge is 0.435 e. The van der Waals surface area contributed by atoms with Gasteiger partial charge in [-0.3, -0.25) is 0 Å². The lowest BCUT2D eigenvalue weighted by Gasteiger charge is -2.04. The molecule has 0 aromatic heterocycles. The van der Waals surface area contributed by atoms with Crippen LogP contribution in [0.15, 0.2) is 53.7 Å². The number of carbonyl (C=O) groups is 1. The quantitative estimate of drug-likeness (QED) is 0.255. The van der Waals surface area contributed by atoms with Gasteiger partial charge in [-0.2, -0.15) is 8.78 Å². The van der Waals surface area contributed by atoms with Crippen LogP contribution in [0, 0.1) is 0 Å². The van der Waals surface area contributed by atoms with E-state index in [1.807, 2.05) is 0 Å². The number of oxime groups is 1. The van der Waals surface area contributed by atoms with E-state index in [4.69, 9.17) is 28.9 Å². The van der Waals surface area contributed by atoms with E-state index in [2.05, 4.69) is 14.7 Å². The van der Waals surface area contributed by atoms with E-state index in [0.29, 0.717) is 16.1 Å². The SMILES string of the molecule is N/C(=N\OC(=O)/C=C\c1ccc(OC(F)F)cc1)c1ccc(Cl)cc1Cl. The summed E-state index contributed by atoms with van der Waals surface area (Å²) in [5.41, 5.74) is 6.64. The molecule has 0 heterocycles. The predicted octanol–water partition coefficient (Wildman–Crippen LogP) is 4.47. The molecule has 2 N–H and O–H groups in total. The highest BCUT2D eigenvalue weighted by atomic mass is 35.5. The van der Waals surface area contributed by atoms with Gasteiger partial charge >= 0.3 is 12.6 Å². The number of ether oxygens (including phenoxy) is 1. The first-order chi connectivity index (χ1) is 12.3. The highest BCUT2D eigenvalue weighted by Gasteiger charge is 2.07. The molecule has 0 aliphatic rings. The van der Waals surface area contributed by atoms with E-state index in [-0.39, 0.29) is 16.6 Å². The van der Waals surface area contributed by atoms with Crippen LogP contribution in [0.25, 0.3) is 6.08 Å². The number of rotatable bonds is 6. The summed E-state index contributed by atoms with van der Waals surface area (Å²) in [5.74, 6) is -0.871. The number of amidine groups is 1. The number of halogens is 4. The van der Waals surface area contributed by atoms with Crippen LogP contribution in [0.3, 0.4) is 0 Å². The average molecular weight is 401 g/mol. The first-order valence-electron chi connectivity index (χ1n) is 7.08. The molecule has 0 unspecified atom stereocenters. The molecule has 0 fully saturated rings. The topological polar surface area (TPSA) is 73.9 Å². The van der Waals surface area contributed by atoms with Gasteiger partial charge in [0.05, 0.1) is 5.02 Å². The summed E-state index contributed by atoms with van der Waals surface area (Å²) < 4.78 is 28.3. The van der Waals surface area contributed by atoms with E-state index in [1.165, 1.54) is 42.5 Å². The van der Waals surface area contributed by atoms with Crippen molar-refractivity contribution < 1.29 is 23.1 Å². The van der Waals surface area contributed by atoms with Crippen LogP contribution in [0.5, 0.6) is 5.75 Å². The van der Waals surface area contributed by atoms with Gasteiger partial charge in [0.15, 0.2) is 5.84 Å². The number of nitrogens with two attached hydrogens (primary N) is 1. The molecule has 0 saturated heterocycles. The summed E-state index contributed by atoms with van der Waals surface area (Å²) in [7, 11) is 0. The molecule has 2 aromatic rings. The van der Waals surface area contributed by atoms with Crippen LogP contribution in [0.2, 0.25) is 10.0 Å². The maximum atomic E-state index is 12.1. The monoisotopic (exact) mass is 400 g/mol. The zero-order valence-corrected chi connectivity index (χ0v) is 14.5. The second-order valence-corrected chi connectivity index (χ2v) is 5.64. The van der Waals surface area contributed by atoms with Crippen LogP contribution in [-0.2, 0) is 9.63 Å². The molecule has 0 amide bonds. The highest BCUT2D eigenvalue weighted by molar-refractivity contribution is 6.36. The van der Waals surface area contributed by atoms with Gasteiger partial charge in [-0.1, -0.05) is 40.5 Å². The minimum atomic E-state index is -2.90. The first kappa shape index (κ1) is 19.7. The van der Waals surface area contributed by atoms with Crippen molar-refractivity contribution in [2.75, 3.05) is 0 Å². The molecule has 0 aliphatic carbocycles. The van der Waals surface area contributed by atoms with Gasteiger partial charge in [-0.15, -0.1) is 0 Å². The van der Waals surface area contributed by atoms with E-state index in [9.17, 15) is 13.6 Å². The lowest BCUT2D eigenvalue weighted by atomic mass is 10.2. The zero-order chi connectivity index (χ0) is 19.1. The second kappa shape index (κ2) is 9.17. The third kappa shape index (κ3) is 6.02. The zero-order valence-electron chi connectivity index (χ0n) is 13.0. The minimum Gasteiger partial charge on any atom is -0.435 e. The maximum Gasteiger partial charge on any atom is 0.387 e. The number of alkyl halides is 2. The summed E-state index contributed by atoms with van der Waals surface area (Å²) in [4.78, 5) is 16.3. The summed E-state index contributed by atoms with van der Waals surface area (Å²) >= 11 is 11.7. The van der Waals surface area contributed by atoms with E-state index < -0.39 is 12.6 Å². The third-order valence-corrected chi connectivity index (χ3v) is 3.51. The normalized spacial score (nSPS) is 11.8. The Balaban J connectivity index is 1.96. The molecular weight excluding hydrogens is 389 g/mol. The average Bonchev–Trinajstić information content (AvgIpc) is 2.58. The number of benzene rings is 2. The maximum absolute atomic E-state index is 12.1. The fourth-order valence-corrected chi connectivity index (χ4v) is 2.30. The molecule has 5 nitrogen and oxygen atoms in total. The van der Waals surface area contributed by atoms with Crippen LogP contribution in [0.1, 0.15) is 11.1 Å². The Labute approximate surface area is 157 Å². The number of nitrogens with zero attached hydrogens (tertiary/aromatic N) is 1. The first-order valence-corrected chi connectivity index (χ1v) is 7.83. The lowest BCUT2D eigenvalue weighted by molar-refractivity contribution is -0.137. The molecule has 0 radical (unpaired) electrons. The summed E-state index contributed by atoms with van der Waals surface area (Å²) in [6, 6.07) is 10.2. The molecule has 9 heteroatoms. The van der Waals surface area contributed by atoms with Gasteiger partial charge in [-0.25, -0.2) is 4.79 Å². The second-order valence-electron chi connectivity index (χ2n) is 4.79. The van der Waals surface area contributed by atoms with Crippen LogP contribution >= 0.6 is 23.2 Å². The van der Waals surface area contributed by atoms with Crippen molar-refractivity contribution in [1.82, 2.24) is 0 Å². The third-order valence-electron chi connectivity index (χ3n) is 2.96. The van der Waals surface area contributed by atoms with Gasteiger partial charge in [-0.05, 0) is 42.0 Å². The lowest BCUT2D eigenvalue weighted by Crippen LogP contribution is -2.15. The van der Waals surface area contributed by atoms with E-state index in [0.717, 1.165) is 6.08 Å². The molecule has 2 rings (SSSR count). The van der Waals surface area contributed by atoms with Crippen molar-refractivity contribution in [3.05, 3.63) is 69.7 Å². The molecular formula is C17H12Cl2F2N2O3. The van der Waals surface area contributed by atoms with E-state index in [1.54, 1.807) is 6.07 Å². The predicted molar refractivity (Wildman–Crippen MR) is 95.4 cm³/mol. The number of hydrogen-bond donors (Lipinski definition) is 1.